The van der Waals surface area contributed by atoms with Crippen LogP contribution in [-0.4, -0.2) is 24.7 Å². The summed E-state index contributed by atoms with van der Waals surface area (Å²) >= 11 is 0. The number of nitrogens with one attached hydrogen (secondary N) is 1. The Morgan fingerprint density at radius 2 is 2.05 bits per heavy atom. The van der Waals surface area contributed by atoms with Gasteiger partial charge >= 0.3 is 5.97 Å². The normalized spacial score (nSPS) is 12.1. The molecule has 0 saturated heterocycles. The van der Waals surface area contributed by atoms with E-state index in [0.717, 1.165) is 5.69 Å². The number of hydrogen-bond donors (Lipinski definition) is 2. The summed E-state index contributed by atoms with van der Waals surface area (Å²) in [5.74, 6) is 0.321. The molecule has 0 spiro atoms. The Morgan fingerprint density at radius 1 is 1.37 bits per heavy atom. The lowest BCUT2D eigenvalue weighted by molar-refractivity contribution is -0.143. The van der Waals surface area contributed by atoms with Crippen LogP contribution >= 0.6 is 0 Å². The van der Waals surface area contributed by atoms with Crippen molar-refractivity contribution in [2.45, 2.75) is 39.8 Å². The van der Waals surface area contributed by atoms with Crippen LogP contribution in [0.15, 0.2) is 18.2 Å². The Labute approximate surface area is 114 Å². The SMILES string of the molecule is CCOC(=O)C(C)Nc1ccc(N)c(OC(C)C)c1. The Morgan fingerprint density at radius 3 is 2.63 bits per heavy atom. The zero-order chi connectivity index (χ0) is 14.4. The number of anilines is 2. The van der Waals surface area contributed by atoms with Crippen molar-refractivity contribution in [1.82, 2.24) is 0 Å². The summed E-state index contributed by atoms with van der Waals surface area (Å²) in [6.45, 7) is 7.76. The van der Waals surface area contributed by atoms with Crippen LogP contribution in [0.3, 0.4) is 0 Å². The molecule has 0 bridgehead atoms. The Kier molecular flexibility index (Phi) is 5.48. The highest BCUT2D eigenvalue weighted by Crippen LogP contribution is 2.26. The van der Waals surface area contributed by atoms with Gasteiger partial charge in [-0.05, 0) is 39.8 Å². The topological polar surface area (TPSA) is 73.6 Å². The van der Waals surface area contributed by atoms with E-state index in [1.165, 1.54) is 0 Å². The number of ether oxygens (including phenoxy) is 2. The molecule has 1 rings (SSSR count). The summed E-state index contributed by atoms with van der Waals surface area (Å²) in [5.41, 5.74) is 7.17. The van der Waals surface area contributed by atoms with E-state index >= 15 is 0 Å². The third-order valence-corrected chi connectivity index (χ3v) is 2.40. The number of nitrogens with two attached hydrogens (primary N) is 1. The summed E-state index contributed by atoms with van der Waals surface area (Å²) in [7, 11) is 0. The molecule has 19 heavy (non-hydrogen) atoms. The monoisotopic (exact) mass is 266 g/mol. The van der Waals surface area contributed by atoms with Gasteiger partial charge in [0.25, 0.3) is 0 Å². The second-order valence-electron chi connectivity index (χ2n) is 4.54. The lowest BCUT2D eigenvalue weighted by atomic mass is 10.2. The van der Waals surface area contributed by atoms with Crippen molar-refractivity contribution in [2.24, 2.45) is 0 Å². The molecule has 0 aliphatic rings. The fraction of sp³-hybridized carbons (Fsp3) is 0.500. The minimum atomic E-state index is -0.421. The Balaban J connectivity index is 2.76. The van der Waals surface area contributed by atoms with E-state index in [1.807, 2.05) is 13.8 Å². The number of carbonyl (C=O) groups is 1. The van der Waals surface area contributed by atoms with Gasteiger partial charge in [0.15, 0.2) is 0 Å². The zero-order valence-corrected chi connectivity index (χ0v) is 11.9. The number of hydrogen-bond acceptors (Lipinski definition) is 5. The molecule has 106 valence electrons. The standard InChI is InChI=1S/C14H22N2O3/c1-5-18-14(17)10(4)16-11-6-7-12(15)13(8-11)19-9(2)3/h6-10,16H,5,15H2,1-4H3. The van der Waals surface area contributed by atoms with Crippen molar-refractivity contribution in [3.63, 3.8) is 0 Å². The Bertz CT molecular complexity index is 433. The van der Waals surface area contributed by atoms with Gasteiger partial charge in [-0.2, -0.15) is 0 Å². The average molecular weight is 266 g/mol. The number of esters is 1. The molecule has 0 radical (unpaired) electrons. The number of nitrogen functional groups attached to an aromatic ring is 1. The van der Waals surface area contributed by atoms with E-state index in [-0.39, 0.29) is 12.1 Å². The largest absolute Gasteiger partial charge is 0.489 e. The molecule has 1 unspecified atom stereocenters. The van der Waals surface area contributed by atoms with Crippen molar-refractivity contribution in [3.8, 4) is 5.75 Å². The van der Waals surface area contributed by atoms with Crippen molar-refractivity contribution >= 4 is 17.3 Å². The van der Waals surface area contributed by atoms with Crippen LogP contribution in [0.2, 0.25) is 0 Å². The highest BCUT2D eigenvalue weighted by molar-refractivity contribution is 5.79. The van der Waals surface area contributed by atoms with Gasteiger partial charge in [0.1, 0.15) is 11.8 Å². The van der Waals surface area contributed by atoms with Crippen molar-refractivity contribution in [2.75, 3.05) is 17.7 Å². The maximum absolute atomic E-state index is 11.5. The minimum Gasteiger partial charge on any atom is -0.489 e. The van der Waals surface area contributed by atoms with Gasteiger partial charge in [-0.25, -0.2) is 4.79 Å². The van der Waals surface area contributed by atoms with E-state index in [0.29, 0.717) is 18.0 Å². The minimum absolute atomic E-state index is 0.0417. The number of benzene rings is 1. The molecular formula is C14H22N2O3. The Hall–Kier alpha value is -1.91. The maximum atomic E-state index is 11.5. The number of rotatable bonds is 6. The highest BCUT2D eigenvalue weighted by atomic mass is 16.5. The van der Waals surface area contributed by atoms with Gasteiger partial charge in [0.05, 0.1) is 18.4 Å². The van der Waals surface area contributed by atoms with Gasteiger partial charge in [-0.3, -0.25) is 0 Å². The van der Waals surface area contributed by atoms with Crippen LogP contribution in [0.4, 0.5) is 11.4 Å². The maximum Gasteiger partial charge on any atom is 0.328 e. The molecule has 0 heterocycles. The van der Waals surface area contributed by atoms with Crippen LogP contribution in [0.5, 0.6) is 5.75 Å². The molecule has 0 aromatic heterocycles. The second-order valence-corrected chi connectivity index (χ2v) is 4.54. The number of carbonyl (C=O) groups excluding carboxylic acids is 1. The quantitative estimate of drug-likeness (QED) is 0.611. The third-order valence-electron chi connectivity index (χ3n) is 2.40. The molecule has 0 aliphatic carbocycles. The fourth-order valence-corrected chi connectivity index (χ4v) is 1.56. The first-order valence-corrected chi connectivity index (χ1v) is 6.43. The summed E-state index contributed by atoms with van der Waals surface area (Å²) < 4.78 is 10.5. The van der Waals surface area contributed by atoms with Crippen LogP contribution in [-0.2, 0) is 9.53 Å². The summed E-state index contributed by atoms with van der Waals surface area (Å²) in [6, 6.07) is 4.91. The zero-order valence-electron chi connectivity index (χ0n) is 11.9. The van der Waals surface area contributed by atoms with Gasteiger partial charge in [-0.15, -0.1) is 0 Å². The fourth-order valence-electron chi connectivity index (χ4n) is 1.56. The summed E-state index contributed by atoms with van der Waals surface area (Å²) in [4.78, 5) is 11.5. The molecule has 1 aromatic rings. The van der Waals surface area contributed by atoms with E-state index < -0.39 is 6.04 Å². The molecule has 0 amide bonds. The lowest BCUT2D eigenvalue weighted by Gasteiger charge is -2.17. The van der Waals surface area contributed by atoms with Crippen LogP contribution in [0.25, 0.3) is 0 Å². The van der Waals surface area contributed by atoms with Gasteiger partial charge in [0, 0.05) is 11.8 Å². The third kappa shape index (κ3) is 4.69. The molecule has 5 nitrogen and oxygen atoms in total. The van der Waals surface area contributed by atoms with E-state index in [4.69, 9.17) is 15.2 Å². The lowest BCUT2D eigenvalue weighted by Crippen LogP contribution is -2.28. The van der Waals surface area contributed by atoms with E-state index in [9.17, 15) is 4.79 Å². The van der Waals surface area contributed by atoms with E-state index in [2.05, 4.69) is 5.32 Å². The average Bonchev–Trinajstić information content (AvgIpc) is 2.33. The first kappa shape index (κ1) is 15.1. The molecule has 3 N–H and O–H groups in total. The molecule has 0 fully saturated rings. The van der Waals surface area contributed by atoms with E-state index in [1.54, 1.807) is 32.0 Å². The molecule has 0 saturated carbocycles. The first-order chi connectivity index (χ1) is 8.93. The van der Waals surface area contributed by atoms with Gasteiger partial charge < -0.3 is 20.5 Å². The van der Waals surface area contributed by atoms with Crippen LogP contribution < -0.4 is 15.8 Å². The predicted octanol–water partition coefficient (Wildman–Crippen LogP) is 2.42. The van der Waals surface area contributed by atoms with Crippen LogP contribution in [0, 0.1) is 0 Å². The smallest absolute Gasteiger partial charge is 0.328 e. The molecule has 1 atom stereocenters. The van der Waals surface area contributed by atoms with Crippen molar-refractivity contribution in [1.29, 1.82) is 0 Å². The summed E-state index contributed by atoms with van der Waals surface area (Å²) in [5, 5.41) is 3.06. The second kappa shape index (κ2) is 6.87. The first-order valence-electron chi connectivity index (χ1n) is 6.43. The van der Waals surface area contributed by atoms with Gasteiger partial charge in [-0.1, -0.05) is 0 Å². The van der Waals surface area contributed by atoms with Gasteiger partial charge in [0.2, 0.25) is 0 Å². The van der Waals surface area contributed by atoms with Crippen molar-refractivity contribution in [3.05, 3.63) is 18.2 Å². The van der Waals surface area contributed by atoms with Crippen molar-refractivity contribution < 1.29 is 14.3 Å². The highest BCUT2D eigenvalue weighted by Gasteiger charge is 2.14. The predicted molar refractivity (Wildman–Crippen MR) is 76.3 cm³/mol. The summed E-state index contributed by atoms with van der Waals surface area (Å²) in [6.07, 6.45) is 0.0417. The molecule has 5 heteroatoms. The molecule has 0 aliphatic heterocycles. The molecular weight excluding hydrogens is 244 g/mol. The molecule has 1 aromatic carbocycles. The van der Waals surface area contributed by atoms with Crippen LogP contribution in [0.1, 0.15) is 27.7 Å².